The molecular weight excluding hydrogens is 348 g/mol. The van der Waals surface area contributed by atoms with Crippen LogP contribution in [0.25, 0.3) is 0 Å². The van der Waals surface area contributed by atoms with Gasteiger partial charge in [0, 0.05) is 6.61 Å². The Balaban J connectivity index is 2.28. The van der Waals surface area contributed by atoms with Crippen molar-refractivity contribution in [1.29, 1.82) is 0 Å². The number of hydrogen-bond donors (Lipinski definition) is 2. The van der Waals surface area contributed by atoms with Crippen molar-refractivity contribution >= 4 is 8.32 Å². The van der Waals surface area contributed by atoms with Crippen molar-refractivity contribution in [2.75, 3.05) is 13.2 Å². The molecule has 1 spiro atoms. The van der Waals surface area contributed by atoms with Crippen molar-refractivity contribution in [3.63, 3.8) is 0 Å². The van der Waals surface area contributed by atoms with Gasteiger partial charge >= 0.3 is 0 Å². The third-order valence-electron chi connectivity index (χ3n) is 6.70. The zero-order valence-electron chi connectivity index (χ0n) is 17.9. The van der Waals surface area contributed by atoms with Crippen LogP contribution < -0.4 is 0 Å². The van der Waals surface area contributed by atoms with Gasteiger partial charge in [-0.15, -0.1) is 0 Å². The number of hydrogen-bond acceptors (Lipinski definition) is 5. The number of ether oxygens (including phenoxy) is 2. The average molecular weight is 389 g/mol. The molecule has 0 radical (unpaired) electrons. The first kappa shape index (κ1) is 22.3. The Morgan fingerprint density at radius 2 is 1.77 bits per heavy atom. The molecule has 1 unspecified atom stereocenters. The van der Waals surface area contributed by atoms with E-state index >= 15 is 0 Å². The fraction of sp³-hybridized carbons (Fsp3) is 1.00. The van der Waals surface area contributed by atoms with Crippen LogP contribution >= 0.6 is 0 Å². The van der Waals surface area contributed by atoms with Crippen LogP contribution in [0.5, 0.6) is 0 Å². The topological polar surface area (TPSA) is 68.2 Å². The van der Waals surface area contributed by atoms with Crippen molar-refractivity contribution in [3.05, 3.63) is 0 Å². The van der Waals surface area contributed by atoms with Crippen LogP contribution in [0.1, 0.15) is 73.1 Å². The number of aliphatic hydroxyl groups excluding tert-OH is 1. The molecule has 26 heavy (non-hydrogen) atoms. The van der Waals surface area contributed by atoms with E-state index in [1.165, 1.54) is 0 Å². The zero-order valence-corrected chi connectivity index (χ0v) is 18.9. The van der Waals surface area contributed by atoms with Gasteiger partial charge in [0.1, 0.15) is 11.7 Å². The third kappa shape index (κ3) is 4.20. The van der Waals surface area contributed by atoms with Gasteiger partial charge in [-0.1, -0.05) is 33.6 Å². The van der Waals surface area contributed by atoms with Gasteiger partial charge in [-0.25, -0.2) is 0 Å². The highest BCUT2D eigenvalue weighted by molar-refractivity contribution is 6.74. The minimum Gasteiger partial charge on any atom is -0.414 e. The van der Waals surface area contributed by atoms with Crippen LogP contribution in [-0.2, 0) is 13.9 Å². The van der Waals surface area contributed by atoms with E-state index in [0.717, 1.165) is 19.3 Å². The predicted molar refractivity (Wildman–Crippen MR) is 106 cm³/mol. The Kier molecular flexibility index (Phi) is 6.39. The largest absolute Gasteiger partial charge is 0.414 e. The molecule has 0 amide bonds. The summed E-state index contributed by atoms with van der Waals surface area (Å²) in [4.78, 5) is 0. The molecule has 0 aromatic heterocycles. The molecule has 5 nitrogen and oxygen atoms in total. The zero-order chi connectivity index (χ0) is 19.9. The Hall–Kier alpha value is 0.0169. The summed E-state index contributed by atoms with van der Waals surface area (Å²) >= 11 is 0. The van der Waals surface area contributed by atoms with Crippen LogP contribution in [-0.4, -0.2) is 54.8 Å². The molecule has 0 aromatic carbocycles. The lowest BCUT2D eigenvalue weighted by Gasteiger charge is -2.50. The van der Waals surface area contributed by atoms with Gasteiger partial charge in [-0.05, 0) is 57.7 Å². The monoisotopic (exact) mass is 388 g/mol. The minimum absolute atomic E-state index is 0.0772. The standard InChI is InChI=1S/C20H40O5Si/c1-17(2,3)26(6,7)23-15-16-20(25-18(4,5)24-16)13-9-8-11-19(20,22)12-10-14-21/h16,21-22H,8-15H2,1-7H3/t16-,19?,20+/m1/s1. The van der Waals surface area contributed by atoms with E-state index in [1.807, 2.05) is 13.8 Å². The molecule has 0 bridgehead atoms. The van der Waals surface area contributed by atoms with Crippen molar-refractivity contribution in [1.82, 2.24) is 0 Å². The summed E-state index contributed by atoms with van der Waals surface area (Å²) < 4.78 is 19.2. The minimum atomic E-state index is -1.93. The van der Waals surface area contributed by atoms with E-state index in [4.69, 9.17) is 13.9 Å². The van der Waals surface area contributed by atoms with Crippen molar-refractivity contribution < 1.29 is 24.1 Å². The lowest BCUT2D eigenvalue weighted by molar-refractivity contribution is -0.231. The molecule has 2 N–H and O–H groups in total. The fourth-order valence-electron chi connectivity index (χ4n) is 4.20. The number of rotatable bonds is 6. The van der Waals surface area contributed by atoms with Crippen molar-refractivity contribution in [2.24, 2.45) is 0 Å². The van der Waals surface area contributed by atoms with Gasteiger partial charge in [0.05, 0.1) is 12.2 Å². The van der Waals surface area contributed by atoms with Crippen molar-refractivity contribution in [3.8, 4) is 0 Å². The first-order valence-electron chi connectivity index (χ1n) is 10.1. The Morgan fingerprint density at radius 1 is 1.15 bits per heavy atom. The lowest BCUT2D eigenvalue weighted by atomic mass is 9.67. The molecule has 154 valence electrons. The van der Waals surface area contributed by atoms with Crippen LogP contribution in [0, 0.1) is 0 Å². The van der Waals surface area contributed by atoms with Crippen LogP contribution in [0.3, 0.4) is 0 Å². The van der Waals surface area contributed by atoms with Gasteiger partial charge in [0.15, 0.2) is 14.1 Å². The highest BCUT2D eigenvalue weighted by Crippen LogP contribution is 2.52. The molecule has 1 saturated heterocycles. The summed E-state index contributed by atoms with van der Waals surface area (Å²) in [7, 11) is -1.93. The summed E-state index contributed by atoms with van der Waals surface area (Å²) in [5, 5.41) is 21.0. The predicted octanol–water partition coefficient (Wildman–Crippen LogP) is 3.98. The molecule has 3 atom stereocenters. The summed E-state index contributed by atoms with van der Waals surface area (Å²) in [6, 6.07) is 0. The highest BCUT2D eigenvalue weighted by Gasteiger charge is 2.64. The van der Waals surface area contributed by atoms with E-state index in [-0.39, 0.29) is 17.7 Å². The highest BCUT2D eigenvalue weighted by atomic mass is 28.4. The Morgan fingerprint density at radius 3 is 2.35 bits per heavy atom. The maximum Gasteiger partial charge on any atom is 0.192 e. The average Bonchev–Trinajstić information content (AvgIpc) is 2.77. The van der Waals surface area contributed by atoms with Gasteiger partial charge in [0.25, 0.3) is 0 Å². The van der Waals surface area contributed by atoms with E-state index in [0.29, 0.717) is 25.9 Å². The van der Waals surface area contributed by atoms with Gasteiger partial charge < -0.3 is 24.1 Å². The van der Waals surface area contributed by atoms with Gasteiger partial charge in [-0.3, -0.25) is 0 Å². The van der Waals surface area contributed by atoms with Crippen LogP contribution in [0.15, 0.2) is 0 Å². The SMILES string of the molecule is CC1(C)O[C@H](CO[Si](C)(C)C(C)(C)C)[C@]2(CCCCC2(O)CCCO)O1. The maximum absolute atomic E-state index is 11.6. The second-order valence-corrected chi connectivity index (χ2v) is 14.9. The molecule has 1 aliphatic heterocycles. The molecule has 2 aliphatic rings. The van der Waals surface area contributed by atoms with E-state index in [9.17, 15) is 10.2 Å². The Bertz CT molecular complexity index is 487. The fourth-order valence-corrected chi connectivity index (χ4v) is 5.20. The van der Waals surface area contributed by atoms with Crippen molar-refractivity contribution in [2.45, 2.75) is 114 Å². The van der Waals surface area contributed by atoms with Crippen LogP contribution in [0.2, 0.25) is 18.1 Å². The second kappa shape index (κ2) is 7.45. The smallest absolute Gasteiger partial charge is 0.192 e. The summed E-state index contributed by atoms with van der Waals surface area (Å²) in [6.07, 6.45) is 4.24. The molecular formula is C20H40O5Si. The van der Waals surface area contributed by atoms with Gasteiger partial charge in [-0.2, -0.15) is 0 Å². The molecule has 2 rings (SSSR count). The molecule has 1 aliphatic carbocycles. The Labute approximate surface area is 160 Å². The molecule has 1 heterocycles. The van der Waals surface area contributed by atoms with E-state index < -0.39 is 25.3 Å². The number of aliphatic hydroxyl groups is 2. The molecule has 6 heteroatoms. The summed E-state index contributed by atoms with van der Waals surface area (Å²) in [5.74, 6) is -0.744. The molecule has 1 saturated carbocycles. The first-order chi connectivity index (χ1) is 11.8. The first-order valence-corrected chi connectivity index (χ1v) is 13.0. The van der Waals surface area contributed by atoms with E-state index in [1.54, 1.807) is 0 Å². The quantitative estimate of drug-likeness (QED) is 0.674. The summed E-state index contributed by atoms with van der Waals surface area (Å²) in [6.45, 7) is 15.5. The summed E-state index contributed by atoms with van der Waals surface area (Å²) in [5.41, 5.74) is -1.74. The third-order valence-corrected chi connectivity index (χ3v) is 11.2. The lowest BCUT2D eigenvalue weighted by Crippen LogP contribution is -2.63. The van der Waals surface area contributed by atoms with E-state index in [2.05, 4.69) is 33.9 Å². The van der Waals surface area contributed by atoms with Crippen LogP contribution in [0.4, 0.5) is 0 Å². The second-order valence-electron chi connectivity index (χ2n) is 10.1. The molecule has 0 aromatic rings. The normalized spacial score (nSPS) is 35.2. The molecule has 2 fully saturated rings. The maximum atomic E-state index is 11.6. The van der Waals surface area contributed by atoms with Gasteiger partial charge in [0.2, 0.25) is 0 Å².